The summed E-state index contributed by atoms with van der Waals surface area (Å²) in [6.07, 6.45) is 5.98. The third-order valence-corrected chi connectivity index (χ3v) is 6.41. The van der Waals surface area contributed by atoms with Crippen molar-refractivity contribution in [2.24, 2.45) is 0 Å². The van der Waals surface area contributed by atoms with Crippen molar-refractivity contribution in [3.63, 3.8) is 0 Å². The van der Waals surface area contributed by atoms with Gasteiger partial charge in [-0.05, 0) is 24.0 Å². The fraction of sp³-hybridized carbons (Fsp3) is 0.227. The summed E-state index contributed by atoms with van der Waals surface area (Å²) in [5, 5.41) is 3.38. The molecule has 0 N–H and O–H groups in total. The number of rotatable bonds is 5. The average molecular weight is 388 g/mol. The average Bonchev–Trinajstić information content (AvgIpc) is 3.43. The minimum Gasteiger partial charge on any atom is -0.310 e. The first kappa shape index (κ1) is 17.3. The second kappa shape index (κ2) is 7.64. The molecule has 6 heteroatoms. The molecule has 5 nitrogen and oxygen atoms in total. The van der Waals surface area contributed by atoms with Crippen molar-refractivity contribution in [3.8, 4) is 0 Å². The van der Waals surface area contributed by atoms with E-state index < -0.39 is 0 Å². The molecule has 5 rings (SSSR count). The molecule has 0 unspecified atom stereocenters. The van der Waals surface area contributed by atoms with Gasteiger partial charge in [0.1, 0.15) is 23.2 Å². The van der Waals surface area contributed by atoms with Gasteiger partial charge in [-0.1, -0.05) is 72.4 Å². The van der Waals surface area contributed by atoms with E-state index in [2.05, 4.69) is 85.3 Å². The summed E-state index contributed by atoms with van der Waals surface area (Å²) < 4.78 is 2.09. The normalized spacial score (nSPS) is 14.2. The minimum atomic E-state index is 0.150. The van der Waals surface area contributed by atoms with E-state index in [-0.39, 0.29) is 5.25 Å². The van der Waals surface area contributed by atoms with Gasteiger partial charge in [0, 0.05) is 13.1 Å². The number of thioether (sulfide) groups is 1. The largest absolute Gasteiger partial charge is 0.310 e. The molecule has 1 saturated heterocycles. The number of hydrogen-bond donors (Lipinski definition) is 0. The first-order valence-corrected chi connectivity index (χ1v) is 10.5. The van der Waals surface area contributed by atoms with Crippen molar-refractivity contribution in [3.05, 3.63) is 84.4 Å². The zero-order valence-corrected chi connectivity index (χ0v) is 16.3. The number of imidazole rings is 1. The van der Waals surface area contributed by atoms with Crippen molar-refractivity contribution in [1.82, 2.24) is 19.6 Å². The van der Waals surface area contributed by atoms with Crippen LogP contribution in [0.3, 0.4) is 0 Å². The fourth-order valence-electron chi connectivity index (χ4n) is 3.71. The predicted molar refractivity (Wildman–Crippen MR) is 113 cm³/mol. The van der Waals surface area contributed by atoms with Crippen molar-refractivity contribution < 1.29 is 0 Å². The maximum absolute atomic E-state index is 4.68. The highest BCUT2D eigenvalue weighted by Crippen LogP contribution is 2.41. The SMILES string of the molecule is c1ccc(C(Sc2ncnc3c2ncn3N2CCCC2)c2ccccc2)cc1. The third kappa shape index (κ3) is 3.24. The van der Waals surface area contributed by atoms with E-state index in [1.165, 1.54) is 24.0 Å². The van der Waals surface area contributed by atoms with E-state index in [0.29, 0.717) is 0 Å². The topological polar surface area (TPSA) is 46.8 Å². The summed E-state index contributed by atoms with van der Waals surface area (Å²) in [5.74, 6) is 0. The molecular weight excluding hydrogens is 366 g/mol. The van der Waals surface area contributed by atoms with Crippen molar-refractivity contribution in [2.45, 2.75) is 23.1 Å². The van der Waals surface area contributed by atoms with Crippen LogP contribution in [0.2, 0.25) is 0 Å². The van der Waals surface area contributed by atoms with Gasteiger partial charge in [0.15, 0.2) is 5.65 Å². The minimum absolute atomic E-state index is 0.150. The van der Waals surface area contributed by atoms with Gasteiger partial charge < -0.3 is 5.01 Å². The van der Waals surface area contributed by atoms with Crippen LogP contribution < -0.4 is 5.01 Å². The highest BCUT2D eigenvalue weighted by atomic mass is 32.2. The molecular formula is C22H21N5S. The molecule has 2 aromatic carbocycles. The lowest BCUT2D eigenvalue weighted by molar-refractivity contribution is 0.675. The van der Waals surface area contributed by atoms with Crippen LogP contribution in [-0.2, 0) is 0 Å². The van der Waals surface area contributed by atoms with Crippen LogP contribution in [0.25, 0.3) is 11.2 Å². The van der Waals surface area contributed by atoms with Gasteiger partial charge in [-0.15, -0.1) is 0 Å². The van der Waals surface area contributed by atoms with Crippen LogP contribution in [0.5, 0.6) is 0 Å². The Labute approximate surface area is 168 Å². The van der Waals surface area contributed by atoms with Gasteiger partial charge >= 0.3 is 0 Å². The third-order valence-electron chi connectivity index (χ3n) is 5.10. The summed E-state index contributed by atoms with van der Waals surface area (Å²) >= 11 is 1.73. The van der Waals surface area contributed by atoms with Crippen molar-refractivity contribution >= 4 is 22.9 Å². The van der Waals surface area contributed by atoms with Gasteiger partial charge in [0.2, 0.25) is 0 Å². The van der Waals surface area contributed by atoms with Gasteiger partial charge in [0.05, 0.1) is 5.25 Å². The maximum atomic E-state index is 4.68. The Kier molecular flexibility index (Phi) is 4.71. The lowest BCUT2D eigenvalue weighted by Crippen LogP contribution is -2.30. The van der Waals surface area contributed by atoms with Gasteiger partial charge in [0.25, 0.3) is 0 Å². The summed E-state index contributed by atoms with van der Waals surface area (Å²) in [7, 11) is 0. The Balaban J connectivity index is 1.55. The summed E-state index contributed by atoms with van der Waals surface area (Å²) in [5.41, 5.74) is 4.27. The molecule has 3 heterocycles. The van der Waals surface area contributed by atoms with Gasteiger partial charge in [-0.25, -0.2) is 19.6 Å². The molecule has 28 heavy (non-hydrogen) atoms. The van der Waals surface area contributed by atoms with E-state index in [0.717, 1.165) is 29.3 Å². The standard InChI is InChI=1S/C22H21N5S/c1-3-9-17(10-4-1)20(18-11-5-2-6-12-18)28-22-19-21(23-15-24-22)27(16-25-19)26-13-7-8-14-26/h1-6,9-12,15-16,20H,7-8,13-14H2. The molecule has 0 saturated carbocycles. The van der Waals surface area contributed by atoms with E-state index in [4.69, 9.17) is 0 Å². The number of nitrogens with zero attached hydrogens (tertiary/aromatic N) is 5. The second-order valence-corrected chi connectivity index (χ2v) is 8.01. The molecule has 1 aliphatic heterocycles. The van der Waals surface area contributed by atoms with E-state index in [9.17, 15) is 0 Å². The zero-order chi connectivity index (χ0) is 18.8. The molecule has 0 bridgehead atoms. The zero-order valence-electron chi connectivity index (χ0n) is 15.5. The number of aromatic nitrogens is 4. The Morgan fingerprint density at radius 3 is 2.07 bits per heavy atom. The lowest BCUT2D eigenvalue weighted by atomic mass is 10.0. The van der Waals surface area contributed by atoms with E-state index in [1.54, 1.807) is 18.1 Å². The first-order chi connectivity index (χ1) is 13.9. The molecule has 2 aromatic heterocycles. The van der Waals surface area contributed by atoms with E-state index >= 15 is 0 Å². The van der Waals surface area contributed by atoms with Crippen LogP contribution >= 0.6 is 11.8 Å². The van der Waals surface area contributed by atoms with Crippen LogP contribution in [0, 0.1) is 0 Å². The number of hydrogen-bond acceptors (Lipinski definition) is 5. The smallest absolute Gasteiger partial charge is 0.183 e. The van der Waals surface area contributed by atoms with Crippen molar-refractivity contribution in [2.75, 3.05) is 18.1 Å². The summed E-state index contributed by atoms with van der Waals surface area (Å²) in [6.45, 7) is 2.10. The monoisotopic (exact) mass is 387 g/mol. The van der Waals surface area contributed by atoms with Crippen molar-refractivity contribution in [1.29, 1.82) is 0 Å². The number of benzene rings is 2. The first-order valence-electron chi connectivity index (χ1n) is 9.60. The van der Waals surface area contributed by atoms with Crippen LogP contribution in [0.15, 0.2) is 78.3 Å². The molecule has 1 aliphatic rings. The Bertz CT molecular complexity index is 1020. The molecule has 0 radical (unpaired) electrons. The fourth-order valence-corrected chi connectivity index (χ4v) is 4.88. The molecule has 0 amide bonds. The van der Waals surface area contributed by atoms with Gasteiger partial charge in [-0.2, -0.15) is 0 Å². The predicted octanol–water partition coefficient (Wildman–Crippen LogP) is 4.44. The Morgan fingerprint density at radius 1 is 0.786 bits per heavy atom. The summed E-state index contributed by atoms with van der Waals surface area (Å²) in [6, 6.07) is 21.1. The van der Waals surface area contributed by atoms with Gasteiger partial charge in [-0.3, -0.25) is 0 Å². The molecule has 1 fully saturated rings. The quantitative estimate of drug-likeness (QED) is 0.374. The maximum Gasteiger partial charge on any atom is 0.183 e. The number of fused-ring (bicyclic) bond motifs is 1. The molecule has 0 spiro atoms. The highest BCUT2D eigenvalue weighted by molar-refractivity contribution is 7.99. The summed E-state index contributed by atoms with van der Waals surface area (Å²) in [4.78, 5) is 13.8. The van der Waals surface area contributed by atoms with E-state index in [1.807, 2.05) is 6.33 Å². The molecule has 0 aliphatic carbocycles. The Hall–Kier alpha value is -2.86. The highest BCUT2D eigenvalue weighted by Gasteiger charge is 2.21. The molecule has 140 valence electrons. The van der Waals surface area contributed by atoms with Crippen LogP contribution in [0.4, 0.5) is 0 Å². The Morgan fingerprint density at radius 2 is 1.43 bits per heavy atom. The molecule has 0 atom stereocenters. The van der Waals surface area contributed by atoms with Crippen LogP contribution in [-0.4, -0.2) is 32.7 Å². The second-order valence-electron chi connectivity index (χ2n) is 6.92. The lowest BCUT2D eigenvalue weighted by Gasteiger charge is -2.19. The van der Waals surface area contributed by atoms with Crippen LogP contribution in [0.1, 0.15) is 29.2 Å². The molecule has 4 aromatic rings.